The molecule has 1 aromatic heterocycles. The molecule has 118 valence electrons. The molecule has 2 aromatic carbocycles. The number of benzene rings is 2. The first-order valence-corrected chi connectivity index (χ1v) is 8.60. The van der Waals surface area contributed by atoms with Crippen LogP contribution in [0.15, 0.2) is 53.7 Å². The van der Waals surface area contributed by atoms with Crippen molar-refractivity contribution in [2.75, 3.05) is 0 Å². The molecule has 0 aliphatic heterocycles. The van der Waals surface area contributed by atoms with Crippen LogP contribution in [0, 0.1) is 0 Å². The third-order valence-corrected chi connectivity index (χ3v) is 4.40. The zero-order valence-corrected chi connectivity index (χ0v) is 14.3. The lowest BCUT2D eigenvalue weighted by Gasteiger charge is -2.03. The summed E-state index contributed by atoms with van der Waals surface area (Å²) in [6.07, 6.45) is 0. The molecule has 0 spiro atoms. The van der Waals surface area contributed by atoms with E-state index >= 15 is 0 Å². The van der Waals surface area contributed by atoms with Crippen molar-refractivity contribution in [3.8, 4) is 5.75 Å². The van der Waals surface area contributed by atoms with Gasteiger partial charge < -0.3 is 4.74 Å². The largest absolute Gasteiger partial charge is 0.486 e. The summed E-state index contributed by atoms with van der Waals surface area (Å²) in [4.78, 5) is 4.39. The highest BCUT2D eigenvalue weighted by molar-refractivity contribution is 7.98. The van der Waals surface area contributed by atoms with Gasteiger partial charge in [-0.25, -0.2) is 4.98 Å². The molecule has 0 radical (unpaired) electrons. The summed E-state index contributed by atoms with van der Waals surface area (Å²) in [5, 5.41) is 9.16. The Bertz CT molecular complexity index is 696. The molecule has 3 rings (SSSR count). The van der Waals surface area contributed by atoms with E-state index in [1.165, 1.54) is 5.56 Å². The van der Waals surface area contributed by atoms with Crippen molar-refractivity contribution in [3.05, 3.63) is 70.0 Å². The van der Waals surface area contributed by atoms with E-state index in [-0.39, 0.29) is 0 Å². The Kier molecular flexibility index (Phi) is 5.43. The van der Waals surface area contributed by atoms with Gasteiger partial charge in [0, 0.05) is 15.8 Å². The lowest BCUT2D eigenvalue weighted by Crippen LogP contribution is -1.97. The Morgan fingerprint density at radius 3 is 2.30 bits per heavy atom. The van der Waals surface area contributed by atoms with Gasteiger partial charge >= 0.3 is 0 Å². The molecule has 1 heterocycles. The van der Waals surface area contributed by atoms with Crippen molar-refractivity contribution in [3.63, 3.8) is 0 Å². The fourth-order valence-electron chi connectivity index (χ4n) is 1.82. The summed E-state index contributed by atoms with van der Waals surface area (Å²) in [6, 6.07) is 14.9. The van der Waals surface area contributed by atoms with E-state index < -0.39 is 0 Å². The molecule has 0 fully saturated rings. The zero-order valence-electron chi connectivity index (χ0n) is 12.0. The molecule has 3 aromatic rings. The third-order valence-electron chi connectivity index (χ3n) is 2.98. The third kappa shape index (κ3) is 4.89. The summed E-state index contributed by atoms with van der Waals surface area (Å²) < 4.78 is 5.62. The predicted octanol–water partition coefficient (Wildman–Crippen LogP) is 4.98. The summed E-state index contributed by atoms with van der Waals surface area (Å²) in [6.45, 7) is 0.330. The monoisotopic (exact) mass is 365 g/mol. The van der Waals surface area contributed by atoms with Crippen LogP contribution in [0.3, 0.4) is 0 Å². The SMILES string of the molecule is Clc1ccc(CSc2n[nH]c(COc3ccc(Cl)cc3)n2)cc1. The standard InChI is InChI=1S/C16H13Cl2N3OS/c17-12-3-1-11(2-4-12)10-23-16-19-15(20-21-16)9-22-14-7-5-13(18)6-8-14/h1-8H,9-10H2,(H,19,20,21). The molecular formula is C16H13Cl2N3OS. The Morgan fingerprint density at radius 1 is 0.957 bits per heavy atom. The molecular weight excluding hydrogens is 353 g/mol. The van der Waals surface area contributed by atoms with Gasteiger partial charge in [-0.2, -0.15) is 0 Å². The smallest absolute Gasteiger partial charge is 0.208 e. The van der Waals surface area contributed by atoms with Crippen LogP contribution in [-0.2, 0) is 12.4 Å². The van der Waals surface area contributed by atoms with Crippen molar-refractivity contribution in [1.82, 2.24) is 15.2 Å². The maximum Gasteiger partial charge on any atom is 0.208 e. The quantitative estimate of drug-likeness (QED) is 0.625. The van der Waals surface area contributed by atoms with Crippen LogP contribution < -0.4 is 4.74 Å². The number of hydrogen-bond acceptors (Lipinski definition) is 4. The first-order chi connectivity index (χ1) is 11.2. The van der Waals surface area contributed by atoms with E-state index in [0.717, 1.165) is 16.5 Å². The molecule has 23 heavy (non-hydrogen) atoms. The Morgan fingerprint density at radius 2 is 1.61 bits per heavy atom. The lowest BCUT2D eigenvalue weighted by molar-refractivity contribution is 0.296. The molecule has 0 aliphatic rings. The van der Waals surface area contributed by atoms with E-state index in [1.807, 2.05) is 36.4 Å². The van der Waals surface area contributed by atoms with E-state index in [1.54, 1.807) is 23.9 Å². The number of aromatic nitrogens is 3. The molecule has 0 aliphatic carbocycles. The highest BCUT2D eigenvalue weighted by Gasteiger charge is 2.05. The van der Waals surface area contributed by atoms with Crippen molar-refractivity contribution < 1.29 is 4.74 Å². The number of rotatable bonds is 6. The number of aromatic amines is 1. The number of nitrogens with one attached hydrogen (secondary N) is 1. The Hall–Kier alpha value is -1.69. The van der Waals surface area contributed by atoms with Gasteiger partial charge in [-0.15, -0.1) is 5.10 Å². The van der Waals surface area contributed by atoms with Crippen LogP contribution in [0.4, 0.5) is 0 Å². The molecule has 1 N–H and O–H groups in total. The van der Waals surface area contributed by atoms with Gasteiger partial charge in [0.15, 0.2) is 5.82 Å². The molecule has 4 nitrogen and oxygen atoms in total. The molecule has 0 saturated heterocycles. The first kappa shape index (κ1) is 16.2. The average Bonchev–Trinajstić information content (AvgIpc) is 3.02. The van der Waals surface area contributed by atoms with E-state index in [9.17, 15) is 0 Å². The number of thioether (sulfide) groups is 1. The number of hydrogen-bond donors (Lipinski definition) is 1. The fourth-order valence-corrected chi connectivity index (χ4v) is 2.84. The molecule has 0 bridgehead atoms. The maximum atomic E-state index is 5.87. The summed E-state index contributed by atoms with van der Waals surface area (Å²) in [7, 11) is 0. The van der Waals surface area contributed by atoms with Gasteiger partial charge in [0.1, 0.15) is 12.4 Å². The molecule has 7 heteroatoms. The zero-order chi connectivity index (χ0) is 16.1. The number of halogens is 2. The number of ether oxygens (including phenoxy) is 1. The second kappa shape index (κ2) is 7.73. The van der Waals surface area contributed by atoms with Gasteiger partial charge in [0.2, 0.25) is 5.16 Å². The van der Waals surface area contributed by atoms with E-state index in [2.05, 4.69) is 15.2 Å². The van der Waals surface area contributed by atoms with Crippen LogP contribution in [0.5, 0.6) is 5.75 Å². The van der Waals surface area contributed by atoms with Gasteiger partial charge in [-0.05, 0) is 42.0 Å². The van der Waals surface area contributed by atoms with Crippen molar-refractivity contribution >= 4 is 35.0 Å². The Balaban J connectivity index is 1.51. The maximum absolute atomic E-state index is 5.87. The van der Waals surface area contributed by atoms with Gasteiger partial charge in [-0.3, -0.25) is 5.10 Å². The topological polar surface area (TPSA) is 50.8 Å². The van der Waals surface area contributed by atoms with Crippen molar-refractivity contribution in [1.29, 1.82) is 0 Å². The summed E-state index contributed by atoms with van der Waals surface area (Å²) in [5.74, 6) is 2.20. The van der Waals surface area contributed by atoms with Crippen LogP contribution in [-0.4, -0.2) is 15.2 Å². The highest BCUT2D eigenvalue weighted by atomic mass is 35.5. The summed E-state index contributed by atoms with van der Waals surface area (Å²) >= 11 is 13.3. The van der Waals surface area contributed by atoms with Crippen LogP contribution in [0.1, 0.15) is 11.4 Å². The second-order valence-corrected chi connectivity index (χ2v) is 6.54. The summed E-state index contributed by atoms with van der Waals surface area (Å²) in [5.41, 5.74) is 1.17. The number of H-pyrrole nitrogens is 1. The minimum Gasteiger partial charge on any atom is -0.486 e. The number of nitrogens with zero attached hydrogens (tertiary/aromatic N) is 2. The van der Waals surface area contributed by atoms with Gasteiger partial charge in [-0.1, -0.05) is 47.1 Å². The normalized spacial score (nSPS) is 10.7. The fraction of sp³-hybridized carbons (Fsp3) is 0.125. The van der Waals surface area contributed by atoms with E-state index in [4.69, 9.17) is 27.9 Å². The van der Waals surface area contributed by atoms with Crippen molar-refractivity contribution in [2.24, 2.45) is 0 Å². The molecule has 0 amide bonds. The molecule has 0 atom stereocenters. The first-order valence-electron chi connectivity index (χ1n) is 6.86. The Labute approximate surface area is 148 Å². The van der Waals surface area contributed by atoms with Crippen LogP contribution in [0.2, 0.25) is 10.0 Å². The lowest BCUT2D eigenvalue weighted by atomic mass is 10.2. The van der Waals surface area contributed by atoms with Gasteiger partial charge in [0.05, 0.1) is 0 Å². The van der Waals surface area contributed by atoms with Crippen LogP contribution in [0.25, 0.3) is 0 Å². The second-order valence-electron chi connectivity index (χ2n) is 4.72. The minimum absolute atomic E-state index is 0.330. The average molecular weight is 366 g/mol. The van der Waals surface area contributed by atoms with E-state index in [0.29, 0.717) is 22.6 Å². The van der Waals surface area contributed by atoms with Crippen LogP contribution >= 0.6 is 35.0 Å². The predicted molar refractivity (Wildman–Crippen MR) is 93.2 cm³/mol. The highest BCUT2D eigenvalue weighted by Crippen LogP contribution is 2.21. The van der Waals surface area contributed by atoms with Crippen molar-refractivity contribution in [2.45, 2.75) is 17.5 Å². The molecule has 0 saturated carbocycles. The molecule has 0 unspecified atom stereocenters. The minimum atomic E-state index is 0.330. The van der Waals surface area contributed by atoms with Gasteiger partial charge in [0.25, 0.3) is 0 Å².